The number of anilines is 1. The molecule has 4 rings (SSSR count). The first-order valence-electron chi connectivity index (χ1n) is 8.91. The van der Waals surface area contributed by atoms with Gasteiger partial charge < -0.3 is 9.88 Å². The second kappa shape index (κ2) is 7.75. The lowest BCUT2D eigenvalue weighted by atomic mass is 10.1. The van der Waals surface area contributed by atoms with E-state index in [4.69, 9.17) is 0 Å². The highest BCUT2D eigenvalue weighted by molar-refractivity contribution is 14.1. The van der Waals surface area contributed by atoms with E-state index in [-0.39, 0.29) is 11.7 Å². The predicted octanol–water partition coefficient (Wildman–Crippen LogP) is 4.67. The number of nitrogens with one attached hydrogen (secondary N) is 1. The number of aryl methyl sites for hydroxylation is 1. The van der Waals surface area contributed by atoms with Gasteiger partial charge in [0, 0.05) is 27.8 Å². The highest BCUT2D eigenvalue weighted by Crippen LogP contribution is 2.24. The average Bonchev–Trinajstić information content (AvgIpc) is 2.90. The Morgan fingerprint density at radius 2 is 1.89 bits per heavy atom. The van der Waals surface area contributed by atoms with Crippen LogP contribution in [0.25, 0.3) is 11.4 Å². The second-order valence-corrected chi connectivity index (χ2v) is 7.72. The molecule has 0 unspecified atom stereocenters. The number of fused-ring (bicyclic) bond motifs is 1. The van der Waals surface area contributed by atoms with Crippen LogP contribution < -0.4 is 5.32 Å². The number of hydrogen-bond donors (Lipinski definition) is 1. The molecular formula is C20H18FIN4O. The van der Waals surface area contributed by atoms with E-state index in [1.165, 1.54) is 24.6 Å². The maximum absolute atomic E-state index is 13.2. The molecule has 0 spiro atoms. The number of aromatic nitrogens is 3. The molecule has 7 heteroatoms. The lowest BCUT2D eigenvalue weighted by Gasteiger charge is -2.09. The lowest BCUT2D eigenvalue weighted by Crippen LogP contribution is -2.13. The van der Waals surface area contributed by atoms with Gasteiger partial charge in [0.05, 0.1) is 5.56 Å². The van der Waals surface area contributed by atoms with E-state index in [1.54, 1.807) is 0 Å². The topological polar surface area (TPSA) is 59.8 Å². The minimum absolute atomic E-state index is 0.261. The van der Waals surface area contributed by atoms with Gasteiger partial charge in [0.2, 0.25) is 0 Å². The van der Waals surface area contributed by atoms with Gasteiger partial charge in [-0.3, -0.25) is 4.79 Å². The third kappa shape index (κ3) is 3.87. The molecule has 1 N–H and O–H groups in total. The van der Waals surface area contributed by atoms with Crippen molar-refractivity contribution in [1.82, 2.24) is 14.8 Å². The normalized spacial score (nSPS) is 13.7. The van der Waals surface area contributed by atoms with Gasteiger partial charge in [0.25, 0.3) is 5.91 Å². The Labute approximate surface area is 170 Å². The Hall–Kier alpha value is -2.29. The van der Waals surface area contributed by atoms with Crippen molar-refractivity contribution in [1.29, 1.82) is 0 Å². The fraction of sp³-hybridized carbons (Fsp3) is 0.250. The van der Waals surface area contributed by atoms with E-state index < -0.39 is 0 Å². The first-order chi connectivity index (χ1) is 13.1. The Bertz CT molecular complexity index is 984. The summed E-state index contributed by atoms with van der Waals surface area (Å²) in [6.07, 6.45) is 4.49. The lowest BCUT2D eigenvalue weighted by molar-refractivity contribution is 0.102. The van der Waals surface area contributed by atoms with Crippen LogP contribution in [0.4, 0.5) is 10.1 Å². The maximum atomic E-state index is 13.2. The van der Waals surface area contributed by atoms with Crippen LogP contribution in [-0.2, 0) is 13.0 Å². The molecule has 1 aliphatic rings. The summed E-state index contributed by atoms with van der Waals surface area (Å²) in [7, 11) is 0. The number of amides is 1. The van der Waals surface area contributed by atoms with Crippen molar-refractivity contribution in [2.24, 2.45) is 0 Å². The molecule has 5 nitrogen and oxygen atoms in total. The molecule has 1 amide bonds. The number of carbonyl (C=O) groups is 1. The number of benzene rings is 2. The average molecular weight is 476 g/mol. The molecule has 27 heavy (non-hydrogen) atoms. The summed E-state index contributed by atoms with van der Waals surface area (Å²) in [6.45, 7) is 0.944. The van der Waals surface area contributed by atoms with Crippen molar-refractivity contribution in [3.8, 4) is 11.4 Å². The minimum atomic E-state index is -0.354. The van der Waals surface area contributed by atoms with E-state index in [0.29, 0.717) is 14.8 Å². The Balaban J connectivity index is 1.53. The molecule has 2 heterocycles. The molecule has 3 aromatic rings. The van der Waals surface area contributed by atoms with Gasteiger partial charge in [-0.2, -0.15) is 0 Å². The van der Waals surface area contributed by atoms with Crippen molar-refractivity contribution in [2.75, 3.05) is 5.32 Å². The standard InChI is InChI=1S/C20H18FIN4O/c21-14-7-10-16(17(22)12-14)20(27)23-15-8-5-13(6-9-15)19-25-24-18-4-2-1-3-11-26(18)19/h5-10,12H,1-4,11H2,(H,23,27). The molecule has 0 radical (unpaired) electrons. The molecule has 0 bridgehead atoms. The smallest absolute Gasteiger partial charge is 0.256 e. The van der Waals surface area contributed by atoms with E-state index in [2.05, 4.69) is 20.1 Å². The van der Waals surface area contributed by atoms with E-state index in [9.17, 15) is 9.18 Å². The van der Waals surface area contributed by atoms with Crippen LogP contribution in [0.15, 0.2) is 42.5 Å². The van der Waals surface area contributed by atoms with Gasteiger partial charge in [-0.25, -0.2) is 4.39 Å². The predicted molar refractivity (Wildman–Crippen MR) is 110 cm³/mol. The monoisotopic (exact) mass is 476 g/mol. The van der Waals surface area contributed by atoms with Crippen molar-refractivity contribution in [2.45, 2.75) is 32.2 Å². The minimum Gasteiger partial charge on any atom is -0.322 e. The quantitative estimate of drug-likeness (QED) is 0.560. The van der Waals surface area contributed by atoms with Gasteiger partial charge in [0.15, 0.2) is 5.82 Å². The summed E-state index contributed by atoms with van der Waals surface area (Å²) in [5, 5.41) is 11.5. The van der Waals surface area contributed by atoms with Crippen LogP contribution in [0, 0.1) is 9.39 Å². The van der Waals surface area contributed by atoms with Crippen LogP contribution in [0.1, 0.15) is 35.4 Å². The molecule has 138 valence electrons. The highest BCUT2D eigenvalue weighted by atomic mass is 127. The van der Waals surface area contributed by atoms with E-state index in [0.717, 1.165) is 43.0 Å². The van der Waals surface area contributed by atoms with Crippen LogP contribution >= 0.6 is 22.6 Å². The van der Waals surface area contributed by atoms with Crippen LogP contribution in [-0.4, -0.2) is 20.7 Å². The largest absolute Gasteiger partial charge is 0.322 e. The molecule has 0 saturated carbocycles. The van der Waals surface area contributed by atoms with Crippen LogP contribution in [0.3, 0.4) is 0 Å². The summed E-state index contributed by atoms with van der Waals surface area (Å²) in [4.78, 5) is 12.4. The van der Waals surface area contributed by atoms with Gasteiger partial charge >= 0.3 is 0 Å². The Morgan fingerprint density at radius 1 is 1.07 bits per heavy atom. The van der Waals surface area contributed by atoms with Crippen LogP contribution in [0.2, 0.25) is 0 Å². The fourth-order valence-corrected chi connectivity index (χ4v) is 4.00. The van der Waals surface area contributed by atoms with Crippen molar-refractivity contribution in [3.63, 3.8) is 0 Å². The molecule has 0 aliphatic carbocycles. The fourth-order valence-electron chi connectivity index (χ4n) is 3.27. The van der Waals surface area contributed by atoms with E-state index in [1.807, 2.05) is 46.9 Å². The first kappa shape index (κ1) is 18.1. The summed E-state index contributed by atoms with van der Waals surface area (Å²) in [6, 6.07) is 11.7. The van der Waals surface area contributed by atoms with Gasteiger partial charge in [-0.15, -0.1) is 10.2 Å². The third-order valence-corrected chi connectivity index (χ3v) is 5.58. The third-order valence-electron chi connectivity index (χ3n) is 4.69. The zero-order valence-electron chi connectivity index (χ0n) is 14.6. The summed E-state index contributed by atoms with van der Waals surface area (Å²) in [5.41, 5.74) is 2.10. The second-order valence-electron chi connectivity index (χ2n) is 6.56. The van der Waals surface area contributed by atoms with Gasteiger partial charge in [-0.1, -0.05) is 6.42 Å². The molecule has 2 aromatic carbocycles. The molecule has 0 fully saturated rings. The Kier molecular flexibility index (Phi) is 5.20. The van der Waals surface area contributed by atoms with Crippen molar-refractivity contribution < 1.29 is 9.18 Å². The van der Waals surface area contributed by atoms with E-state index >= 15 is 0 Å². The number of nitrogens with zero attached hydrogens (tertiary/aromatic N) is 3. The van der Waals surface area contributed by atoms with Gasteiger partial charge in [0.1, 0.15) is 11.6 Å². The number of rotatable bonds is 3. The molecule has 1 aromatic heterocycles. The summed E-state index contributed by atoms with van der Waals surface area (Å²) in [5.74, 6) is 1.31. The summed E-state index contributed by atoms with van der Waals surface area (Å²) >= 11 is 1.96. The van der Waals surface area contributed by atoms with Crippen LogP contribution in [0.5, 0.6) is 0 Å². The molecular weight excluding hydrogens is 458 g/mol. The number of hydrogen-bond acceptors (Lipinski definition) is 3. The molecule has 1 aliphatic heterocycles. The SMILES string of the molecule is O=C(Nc1ccc(-c2nnc3n2CCCCC3)cc1)c1ccc(F)cc1I. The number of halogens is 2. The maximum Gasteiger partial charge on any atom is 0.256 e. The summed E-state index contributed by atoms with van der Waals surface area (Å²) < 4.78 is 16.0. The van der Waals surface area contributed by atoms with Gasteiger partial charge in [-0.05, 0) is 77.9 Å². The zero-order valence-corrected chi connectivity index (χ0v) is 16.7. The highest BCUT2D eigenvalue weighted by Gasteiger charge is 2.16. The number of carbonyl (C=O) groups excluding carboxylic acids is 1. The molecule has 0 saturated heterocycles. The zero-order chi connectivity index (χ0) is 18.8. The Morgan fingerprint density at radius 3 is 2.67 bits per heavy atom. The van der Waals surface area contributed by atoms with Crippen molar-refractivity contribution in [3.05, 3.63) is 63.2 Å². The van der Waals surface area contributed by atoms with Crippen molar-refractivity contribution >= 4 is 34.2 Å². The molecule has 0 atom stereocenters. The first-order valence-corrected chi connectivity index (χ1v) is 9.98.